The van der Waals surface area contributed by atoms with Gasteiger partial charge in [-0.3, -0.25) is 9.59 Å². The van der Waals surface area contributed by atoms with Gasteiger partial charge < -0.3 is 21.1 Å². The number of ether oxygens (including phenoxy) is 1. The molecule has 1 aromatic carbocycles. The van der Waals surface area contributed by atoms with E-state index < -0.39 is 52.0 Å². The highest BCUT2D eigenvalue weighted by Gasteiger charge is 2.46. The third-order valence-electron chi connectivity index (χ3n) is 6.16. The fourth-order valence-corrected chi connectivity index (χ4v) is 3.56. The Bertz CT molecular complexity index is 913. The number of rotatable bonds is 6. The quantitative estimate of drug-likeness (QED) is 0.496. The van der Waals surface area contributed by atoms with Crippen LogP contribution in [0.2, 0.25) is 0 Å². The first-order chi connectivity index (χ1) is 15.7. The third-order valence-corrected chi connectivity index (χ3v) is 6.16. The largest absolute Gasteiger partial charge is 0.416 e. The van der Waals surface area contributed by atoms with Crippen molar-refractivity contribution in [1.29, 1.82) is 0 Å². The SMILES string of the molecule is C[C@@H](OC[C@@]1(C)CC[C@@](NC(=O)C(C)(C)C)(C(N)=O)CN1)c1cc(C(F)(F)F)cc(C(F)(F)F)c1. The highest BCUT2D eigenvalue weighted by Crippen LogP contribution is 2.38. The first-order valence-corrected chi connectivity index (χ1v) is 11.0. The number of nitrogens with two attached hydrogens (primary N) is 1. The van der Waals surface area contributed by atoms with Crippen LogP contribution < -0.4 is 16.4 Å². The summed E-state index contributed by atoms with van der Waals surface area (Å²) >= 11 is 0. The summed E-state index contributed by atoms with van der Waals surface area (Å²) in [6, 6.07) is 1.34. The molecule has 2 rings (SSSR count). The summed E-state index contributed by atoms with van der Waals surface area (Å²) in [6.07, 6.45) is -10.5. The lowest BCUT2D eigenvalue weighted by molar-refractivity contribution is -0.143. The van der Waals surface area contributed by atoms with E-state index in [1.165, 1.54) is 6.92 Å². The van der Waals surface area contributed by atoms with Crippen molar-refractivity contribution in [3.63, 3.8) is 0 Å². The number of carbonyl (C=O) groups is 2. The zero-order valence-electron chi connectivity index (χ0n) is 20.2. The van der Waals surface area contributed by atoms with Crippen molar-refractivity contribution >= 4 is 11.8 Å². The molecule has 3 atom stereocenters. The van der Waals surface area contributed by atoms with Gasteiger partial charge in [-0.05, 0) is 50.5 Å². The van der Waals surface area contributed by atoms with E-state index in [4.69, 9.17) is 10.5 Å². The molecule has 1 aromatic rings. The summed E-state index contributed by atoms with van der Waals surface area (Å²) in [6.45, 7) is 8.07. The second-order valence-corrected chi connectivity index (χ2v) is 10.4. The standard InChI is InChI=1S/C23H31F6N3O3/c1-13(14-8-15(22(24,25)26)10-16(9-14)23(27,28)29)35-12-20(5)6-7-21(11-31-20,17(30)33)32-18(34)19(2,3)4/h8-10,13,31H,6-7,11-12H2,1-5H3,(H2,30,33)(H,32,34)/t13-,20-,21+/m1/s1. The molecule has 0 aromatic heterocycles. The Morgan fingerprint density at radius 2 is 1.57 bits per heavy atom. The zero-order valence-corrected chi connectivity index (χ0v) is 20.2. The molecule has 1 heterocycles. The normalized spacial score (nSPS) is 24.7. The van der Waals surface area contributed by atoms with Crippen LogP contribution in [0.3, 0.4) is 0 Å². The van der Waals surface area contributed by atoms with E-state index in [0.29, 0.717) is 18.6 Å². The number of amides is 2. The minimum atomic E-state index is -4.96. The van der Waals surface area contributed by atoms with Gasteiger partial charge in [0.25, 0.3) is 0 Å². The predicted molar refractivity (Wildman–Crippen MR) is 116 cm³/mol. The maximum Gasteiger partial charge on any atom is 0.416 e. The van der Waals surface area contributed by atoms with Gasteiger partial charge in [-0.2, -0.15) is 26.3 Å². The molecule has 1 fully saturated rings. The third kappa shape index (κ3) is 7.09. The molecule has 0 bridgehead atoms. The predicted octanol–water partition coefficient (Wildman–Crippen LogP) is 4.33. The lowest BCUT2D eigenvalue weighted by Crippen LogP contribution is -2.70. The van der Waals surface area contributed by atoms with Gasteiger partial charge in [0.15, 0.2) is 0 Å². The van der Waals surface area contributed by atoms with Gasteiger partial charge in [-0.1, -0.05) is 20.8 Å². The van der Waals surface area contributed by atoms with Crippen LogP contribution in [0.15, 0.2) is 18.2 Å². The maximum absolute atomic E-state index is 13.2. The number of primary amides is 1. The molecule has 35 heavy (non-hydrogen) atoms. The van der Waals surface area contributed by atoms with Gasteiger partial charge in [0.2, 0.25) is 11.8 Å². The van der Waals surface area contributed by atoms with E-state index in [-0.39, 0.29) is 37.1 Å². The summed E-state index contributed by atoms with van der Waals surface area (Å²) in [7, 11) is 0. The molecule has 4 N–H and O–H groups in total. The van der Waals surface area contributed by atoms with Crippen LogP contribution in [0.1, 0.15) is 70.3 Å². The molecule has 0 unspecified atom stereocenters. The van der Waals surface area contributed by atoms with E-state index in [1.807, 2.05) is 0 Å². The molecule has 1 aliphatic rings. The fraction of sp³-hybridized carbons (Fsp3) is 0.652. The smallest absolute Gasteiger partial charge is 0.372 e. The van der Waals surface area contributed by atoms with Gasteiger partial charge in [-0.25, -0.2) is 0 Å². The van der Waals surface area contributed by atoms with Crippen LogP contribution in [0, 0.1) is 5.41 Å². The fourth-order valence-electron chi connectivity index (χ4n) is 3.56. The van der Waals surface area contributed by atoms with E-state index in [2.05, 4.69) is 10.6 Å². The average Bonchev–Trinajstić information content (AvgIpc) is 2.71. The van der Waals surface area contributed by atoms with Gasteiger partial charge in [0, 0.05) is 17.5 Å². The second-order valence-electron chi connectivity index (χ2n) is 10.4. The van der Waals surface area contributed by atoms with Crippen LogP contribution in [0.5, 0.6) is 0 Å². The number of piperidine rings is 1. The van der Waals surface area contributed by atoms with Crippen molar-refractivity contribution in [3.8, 4) is 0 Å². The van der Waals surface area contributed by atoms with Gasteiger partial charge in [-0.15, -0.1) is 0 Å². The number of benzene rings is 1. The van der Waals surface area contributed by atoms with Gasteiger partial charge in [0.05, 0.1) is 23.8 Å². The Balaban J connectivity index is 2.15. The summed E-state index contributed by atoms with van der Waals surface area (Å²) < 4.78 is 84.6. The maximum atomic E-state index is 13.2. The monoisotopic (exact) mass is 511 g/mol. The Hall–Kier alpha value is -2.34. The topological polar surface area (TPSA) is 93.4 Å². The number of hydrogen-bond acceptors (Lipinski definition) is 4. The van der Waals surface area contributed by atoms with Crippen molar-refractivity contribution < 1.29 is 40.7 Å². The summed E-state index contributed by atoms with van der Waals surface area (Å²) in [5.41, 5.74) is -0.397. The molecule has 12 heteroatoms. The number of halogens is 6. The lowest BCUT2D eigenvalue weighted by Gasteiger charge is -2.45. The summed E-state index contributed by atoms with van der Waals surface area (Å²) in [5.74, 6) is -1.08. The second kappa shape index (κ2) is 9.61. The Morgan fingerprint density at radius 1 is 1.06 bits per heavy atom. The minimum Gasteiger partial charge on any atom is -0.372 e. The number of alkyl halides is 6. The molecule has 0 aliphatic carbocycles. The Labute approximate surface area is 199 Å². The molecular weight excluding hydrogens is 480 g/mol. The molecule has 6 nitrogen and oxygen atoms in total. The highest BCUT2D eigenvalue weighted by molar-refractivity contribution is 5.92. The van der Waals surface area contributed by atoms with Crippen LogP contribution in [0.25, 0.3) is 0 Å². The highest BCUT2D eigenvalue weighted by atomic mass is 19.4. The molecule has 198 valence electrons. The van der Waals surface area contributed by atoms with E-state index in [9.17, 15) is 35.9 Å². The minimum absolute atomic E-state index is 0.0137. The van der Waals surface area contributed by atoms with Crippen molar-refractivity contribution in [2.45, 2.75) is 77.0 Å². The van der Waals surface area contributed by atoms with E-state index >= 15 is 0 Å². The number of hydrogen-bond donors (Lipinski definition) is 3. The molecule has 2 amide bonds. The van der Waals surface area contributed by atoms with Crippen molar-refractivity contribution in [2.75, 3.05) is 13.2 Å². The van der Waals surface area contributed by atoms with Crippen LogP contribution in [-0.2, 0) is 26.7 Å². The number of nitrogens with one attached hydrogen (secondary N) is 2. The molecule has 1 saturated heterocycles. The summed E-state index contributed by atoms with van der Waals surface area (Å²) in [4.78, 5) is 24.6. The van der Waals surface area contributed by atoms with Crippen LogP contribution >= 0.6 is 0 Å². The van der Waals surface area contributed by atoms with E-state index in [0.717, 1.165) is 0 Å². The zero-order chi connectivity index (χ0) is 27.0. The Morgan fingerprint density at radius 3 is 1.94 bits per heavy atom. The Kier molecular flexibility index (Phi) is 7.93. The van der Waals surface area contributed by atoms with Gasteiger partial charge >= 0.3 is 12.4 Å². The number of carbonyl (C=O) groups excluding carboxylic acids is 2. The first kappa shape index (κ1) is 28.9. The van der Waals surface area contributed by atoms with Crippen LogP contribution in [-0.4, -0.2) is 36.0 Å². The van der Waals surface area contributed by atoms with E-state index in [1.54, 1.807) is 27.7 Å². The molecular formula is C23H31F6N3O3. The van der Waals surface area contributed by atoms with Crippen molar-refractivity contribution in [1.82, 2.24) is 10.6 Å². The lowest BCUT2D eigenvalue weighted by atomic mass is 9.79. The first-order valence-electron chi connectivity index (χ1n) is 11.0. The van der Waals surface area contributed by atoms with Crippen molar-refractivity contribution in [3.05, 3.63) is 34.9 Å². The van der Waals surface area contributed by atoms with Crippen LogP contribution in [0.4, 0.5) is 26.3 Å². The van der Waals surface area contributed by atoms with Gasteiger partial charge in [0.1, 0.15) is 5.54 Å². The van der Waals surface area contributed by atoms with Crippen molar-refractivity contribution in [2.24, 2.45) is 11.1 Å². The molecule has 0 radical (unpaired) electrons. The molecule has 1 aliphatic heterocycles. The molecule has 0 spiro atoms. The average molecular weight is 512 g/mol. The summed E-state index contributed by atoms with van der Waals surface area (Å²) in [5, 5.41) is 5.81. The molecule has 0 saturated carbocycles.